The Morgan fingerprint density at radius 2 is 0.965 bits per heavy atom. The Morgan fingerprint density at radius 3 is 1.82 bits per heavy atom. The second kappa shape index (κ2) is 12.2. The standard InChI is InChI=1S/C53H33N2OP/c56-57(41-13-2-1-3-14-41,42-24-20-34-10-4-5-12-36(34)31-42)43-25-28-45-40(32-43)19-18-39-30-37(22-26-44(39)45)38-23-29-50-48(33-38)47-27-21-35-11-6-7-15-46(35)52(47)53-54-49-16-8-9-17-51(49)55(50)53/h1-33H. The normalized spacial score (nSPS) is 13.1. The molecule has 0 aliphatic carbocycles. The van der Waals surface area contributed by atoms with Crippen LogP contribution in [0.15, 0.2) is 200 Å². The van der Waals surface area contributed by atoms with Gasteiger partial charge in [0.05, 0.1) is 16.6 Å². The molecule has 10 aromatic carbocycles. The first-order valence-corrected chi connectivity index (χ1v) is 21.1. The van der Waals surface area contributed by atoms with Gasteiger partial charge in [-0.25, -0.2) is 4.98 Å². The summed E-state index contributed by atoms with van der Waals surface area (Å²) in [7, 11) is -3.18. The van der Waals surface area contributed by atoms with Crippen molar-refractivity contribution in [2.75, 3.05) is 0 Å². The highest BCUT2D eigenvalue weighted by atomic mass is 31.2. The van der Waals surface area contributed by atoms with Crippen molar-refractivity contribution in [2.24, 2.45) is 0 Å². The monoisotopic (exact) mass is 744 g/mol. The summed E-state index contributed by atoms with van der Waals surface area (Å²) in [5.74, 6) is 0. The van der Waals surface area contributed by atoms with Gasteiger partial charge >= 0.3 is 0 Å². The maximum Gasteiger partial charge on any atom is 0.171 e. The van der Waals surface area contributed by atoms with Gasteiger partial charge in [-0.3, -0.25) is 4.40 Å². The maximum absolute atomic E-state index is 15.5. The molecule has 266 valence electrons. The summed E-state index contributed by atoms with van der Waals surface area (Å²) in [5, 5.41) is 15.3. The van der Waals surface area contributed by atoms with E-state index < -0.39 is 7.14 Å². The van der Waals surface area contributed by atoms with Crippen LogP contribution >= 0.6 is 7.14 Å². The van der Waals surface area contributed by atoms with Gasteiger partial charge in [0, 0.05) is 26.7 Å². The van der Waals surface area contributed by atoms with Gasteiger partial charge in [0.1, 0.15) is 5.65 Å². The maximum atomic E-state index is 15.5. The van der Waals surface area contributed by atoms with E-state index in [1.54, 1.807) is 0 Å². The van der Waals surface area contributed by atoms with Gasteiger partial charge < -0.3 is 4.57 Å². The van der Waals surface area contributed by atoms with Crippen LogP contribution < -0.4 is 15.9 Å². The highest BCUT2D eigenvalue weighted by Crippen LogP contribution is 2.44. The van der Waals surface area contributed by atoms with Gasteiger partial charge in [0.25, 0.3) is 0 Å². The van der Waals surface area contributed by atoms with Crippen LogP contribution in [0.3, 0.4) is 0 Å². The molecule has 2 aromatic heterocycles. The van der Waals surface area contributed by atoms with Crippen molar-refractivity contribution in [3.8, 4) is 11.1 Å². The fourth-order valence-electron chi connectivity index (χ4n) is 9.19. The SMILES string of the molecule is O=P(c1ccccc1)(c1ccc2ccccc2c1)c1ccc2c(ccc3cc(-c4ccc5c(c4)c4ccc6ccccc6c4c4nc6ccccc6n54)ccc32)c1. The van der Waals surface area contributed by atoms with E-state index in [4.69, 9.17) is 4.98 Å². The van der Waals surface area contributed by atoms with E-state index in [9.17, 15) is 0 Å². The van der Waals surface area contributed by atoms with E-state index in [0.717, 1.165) is 70.8 Å². The Bertz CT molecular complexity index is 3680. The zero-order chi connectivity index (χ0) is 37.7. The number of nitrogens with zero attached hydrogens (tertiary/aromatic N) is 2. The van der Waals surface area contributed by atoms with Gasteiger partial charge in [0.2, 0.25) is 0 Å². The molecular formula is C53H33N2OP. The van der Waals surface area contributed by atoms with E-state index in [-0.39, 0.29) is 0 Å². The third kappa shape index (κ3) is 4.80. The van der Waals surface area contributed by atoms with Crippen molar-refractivity contribution in [3.05, 3.63) is 200 Å². The van der Waals surface area contributed by atoms with Gasteiger partial charge in [-0.15, -0.1) is 0 Å². The number of benzene rings is 10. The number of imidazole rings is 1. The number of rotatable bonds is 4. The lowest BCUT2D eigenvalue weighted by molar-refractivity contribution is 0.592. The summed E-state index contributed by atoms with van der Waals surface area (Å²) in [4.78, 5) is 5.19. The predicted octanol–water partition coefficient (Wildman–Crippen LogP) is 12.7. The summed E-state index contributed by atoms with van der Waals surface area (Å²) in [6.45, 7) is 0. The van der Waals surface area contributed by atoms with Gasteiger partial charge in [-0.2, -0.15) is 0 Å². The minimum absolute atomic E-state index is 0.836. The fourth-order valence-corrected chi connectivity index (χ4v) is 11.9. The minimum Gasteiger partial charge on any atom is -0.309 e. The van der Waals surface area contributed by atoms with Crippen molar-refractivity contribution in [1.29, 1.82) is 0 Å². The number of hydrogen-bond donors (Lipinski definition) is 0. The summed E-state index contributed by atoms with van der Waals surface area (Å²) in [6.07, 6.45) is 0. The highest BCUT2D eigenvalue weighted by Gasteiger charge is 2.30. The molecule has 2 heterocycles. The molecule has 3 nitrogen and oxygen atoms in total. The first-order valence-electron chi connectivity index (χ1n) is 19.4. The molecule has 12 rings (SSSR count). The van der Waals surface area contributed by atoms with E-state index >= 15 is 4.57 Å². The van der Waals surface area contributed by atoms with Crippen molar-refractivity contribution in [3.63, 3.8) is 0 Å². The van der Waals surface area contributed by atoms with Crippen molar-refractivity contribution in [1.82, 2.24) is 9.38 Å². The van der Waals surface area contributed by atoms with E-state index in [2.05, 4.69) is 156 Å². The van der Waals surface area contributed by atoms with Gasteiger partial charge in [0.15, 0.2) is 7.14 Å². The molecule has 1 unspecified atom stereocenters. The van der Waals surface area contributed by atoms with Crippen LogP contribution in [0.5, 0.6) is 0 Å². The molecule has 0 bridgehead atoms. The molecule has 4 heteroatoms. The van der Waals surface area contributed by atoms with E-state index in [1.165, 1.54) is 37.7 Å². The average molecular weight is 745 g/mol. The molecule has 0 radical (unpaired) electrons. The summed E-state index contributed by atoms with van der Waals surface area (Å²) in [6, 6.07) is 70.4. The smallest absolute Gasteiger partial charge is 0.171 e. The minimum atomic E-state index is -3.18. The van der Waals surface area contributed by atoms with Crippen LogP contribution in [0.1, 0.15) is 0 Å². The topological polar surface area (TPSA) is 34.4 Å². The van der Waals surface area contributed by atoms with Crippen LogP contribution in [0, 0.1) is 0 Å². The van der Waals surface area contributed by atoms with Crippen LogP contribution in [-0.4, -0.2) is 9.38 Å². The zero-order valence-electron chi connectivity index (χ0n) is 30.8. The fraction of sp³-hybridized carbons (Fsp3) is 0. The molecule has 0 fully saturated rings. The highest BCUT2D eigenvalue weighted by molar-refractivity contribution is 7.85. The first kappa shape index (κ1) is 32.2. The van der Waals surface area contributed by atoms with Crippen LogP contribution in [0.2, 0.25) is 0 Å². The average Bonchev–Trinajstić information content (AvgIpc) is 3.68. The van der Waals surface area contributed by atoms with E-state index in [0.29, 0.717) is 0 Å². The lowest BCUT2D eigenvalue weighted by Crippen LogP contribution is -2.25. The zero-order valence-corrected chi connectivity index (χ0v) is 31.7. The number of aromatic nitrogens is 2. The molecule has 57 heavy (non-hydrogen) atoms. The molecular weight excluding hydrogens is 712 g/mol. The van der Waals surface area contributed by atoms with E-state index in [1.807, 2.05) is 48.5 Å². The Labute approximate surface area is 328 Å². The molecule has 0 aliphatic rings. The second-order valence-electron chi connectivity index (χ2n) is 15.1. The number of hydrogen-bond acceptors (Lipinski definition) is 2. The Morgan fingerprint density at radius 1 is 0.368 bits per heavy atom. The molecule has 12 aromatic rings. The molecule has 0 aliphatic heterocycles. The summed E-state index contributed by atoms with van der Waals surface area (Å²) < 4.78 is 17.9. The summed E-state index contributed by atoms with van der Waals surface area (Å²) in [5.41, 5.74) is 6.56. The van der Waals surface area contributed by atoms with Crippen molar-refractivity contribution in [2.45, 2.75) is 0 Å². The lowest BCUT2D eigenvalue weighted by atomic mass is 9.95. The van der Waals surface area contributed by atoms with Gasteiger partial charge in [-0.05, 0) is 102 Å². The van der Waals surface area contributed by atoms with Gasteiger partial charge in [-0.1, -0.05) is 158 Å². The van der Waals surface area contributed by atoms with Crippen LogP contribution in [0.4, 0.5) is 0 Å². The molecule has 0 saturated heterocycles. The first-order chi connectivity index (χ1) is 28.1. The Hall–Kier alpha value is -7.06. The molecule has 0 saturated carbocycles. The molecule has 0 N–H and O–H groups in total. The van der Waals surface area contributed by atoms with Crippen molar-refractivity contribution >= 4 is 105 Å². The number of fused-ring (bicyclic) bond motifs is 14. The third-order valence-corrected chi connectivity index (χ3v) is 15.0. The van der Waals surface area contributed by atoms with Crippen LogP contribution in [-0.2, 0) is 4.57 Å². The molecule has 0 spiro atoms. The molecule has 0 amide bonds. The Kier molecular flexibility index (Phi) is 6.90. The third-order valence-electron chi connectivity index (χ3n) is 12.0. The number of para-hydroxylation sites is 2. The predicted molar refractivity (Wildman–Crippen MR) is 243 cm³/mol. The van der Waals surface area contributed by atoms with Crippen molar-refractivity contribution < 1.29 is 4.57 Å². The number of pyridine rings is 1. The largest absolute Gasteiger partial charge is 0.309 e. The quantitative estimate of drug-likeness (QED) is 0.133. The molecule has 1 atom stereocenters. The van der Waals surface area contributed by atoms with Crippen LogP contribution in [0.25, 0.3) is 92.6 Å². The second-order valence-corrected chi connectivity index (χ2v) is 17.9. The lowest BCUT2D eigenvalue weighted by Gasteiger charge is -2.21. The summed E-state index contributed by atoms with van der Waals surface area (Å²) >= 11 is 0. The Balaban J connectivity index is 1.01.